The molecule has 1 aliphatic heterocycles. The molecular weight excluding hydrogens is 580 g/mol. The number of carboxylic acid groups (broad SMARTS) is 1. The van der Waals surface area contributed by atoms with E-state index in [-0.39, 0.29) is 10.9 Å². The lowest BCUT2D eigenvalue weighted by atomic mass is 9.74. The number of fused-ring (bicyclic) bond motifs is 1. The van der Waals surface area contributed by atoms with Gasteiger partial charge in [-0.15, -0.1) is 0 Å². The number of aromatic nitrogens is 2. The van der Waals surface area contributed by atoms with E-state index in [0.29, 0.717) is 5.56 Å². The zero-order chi connectivity index (χ0) is 31.5. The maximum atomic E-state index is 13.1. The summed E-state index contributed by atoms with van der Waals surface area (Å²) in [6.45, 7) is 6.06. The summed E-state index contributed by atoms with van der Waals surface area (Å²) in [7, 11) is -4.20. The lowest BCUT2D eigenvalue weighted by Crippen LogP contribution is -2.67. The van der Waals surface area contributed by atoms with Gasteiger partial charge in [-0.1, -0.05) is 51.1 Å². The number of nitrogens with zero attached hydrogens (tertiary/aromatic N) is 2. The number of imidazole rings is 1. The Morgan fingerprint density at radius 1 is 0.955 bits per heavy atom. The van der Waals surface area contributed by atoms with Crippen molar-refractivity contribution in [2.24, 2.45) is 5.41 Å². The number of nitrogens with one attached hydrogen (secondary N) is 4. The Hall–Kier alpha value is -4.42. The van der Waals surface area contributed by atoms with Crippen molar-refractivity contribution in [3.05, 3.63) is 84.4 Å². The van der Waals surface area contributed by atoms with Crippen LogP contribution < -0.4 is 20.3 Å². The Bertz CT molecular complexity index is 1690. The van der Waals surface area contributed by atoms with Gasteiger partial charge >= 0.3 is 5.97 Å². The van der Waals surface area contributed by atoms with Crippen LogP contribution in [0.2, 0.25) is 0 Å². The van der Waals surface area contributed by atoms with Crippen LogP contribution in [0.1, 0.15) is 44.0 Å². The highest BCUT2D eigenvalue weighted by Crippen LogP contribution is 2.32. The molecule has 4 aromatic rings. The van der Waals surface area contributed by atoms with Crippen molar-refractivity contribution in [1.82, 2.24) is 20.0 Å². The molecule has 5 rings (SSSR count). The summed E-state index contributed by atoms with van der Waals surface area (Å²) in [5, 5.41) is 16.4. The molecule has 3 aromatic carbocycles. The van der Waals surface area contributed by atoms with Crippen molar-refractivity contribution in [1.29, 1.82) is 0 Å². The Morgan fingerprint density at radius 2 is 1.59 bits per heavy atom. The molecule has 0 saturated carbocycles. The number of anilines is 2. The van der Waals surface area contributed by atoms with Crippen LogP contribution in [0.15, 0.2) is 83.8 Å². The number of hydrogen-bond donors (Lipinski definition) is 5. The van der Waals surface area contributed by atoms with Gasteiger partial charge in [-0.25, -0.2) is 13.4 Å². The number of rotatable bonds is 10. The van der Waals surface area contributed by atoms with Gasteiger partial charge in [0, 0.05) is 36.9 Å². The van der Waals surface area contributed by atoms with E-state index in [1.54, 1.807) is 51.1 Å². The predicted molar refractivity (Wildman–Crippen MR) is 170 cm³/mol. The number of H-pyrrole nitrogens is 1. The monoisotopic (exact) mass is 618 g/mol. The molecule has 1 aromatic heterocycles. The average Bonchev–Trinajstić information content (AvgIpc) is 3.41. The van der Waals surface area contributed by atoms with Crippen molar-refractivity contribution in [2.75, 3.05) is 29.9 Å². The van der Waals surface area contributed by atoms with Crippen molar-refractivity contribution >= 4 is 44.6 Å². The molecule has 2 heterocycles. The van der Waals surface area contributed by atoms with E-state index in [2.05, 4.69) is 30.2 Å². The number of sulfonamides is 1. The van der Waals surface area contributed by atoms with Crippen LogP contribution in [-0.4, -0.2) is 66.6 Å². The number of aromatic amines is 1. The third-order valence-corrected chi connectivity index (χ3v) is 9.75. The van der Waals surface area contributed by atoms with Crippen LogP contribution in [0.4, 0.5) is 11.6 Å². The fourth-order valence-electron chi connectivity index (χ4n) is 5.42. The van der Waals surface area contributed by atoms with Crippen molar-refractivity contribution < 1.29 is 23.1 Å². The van der Waals surface area contributed by atoms with Gasteiger partial charge in [0.15, 0.2) is 5.54 Å². The van der Waals surface area contributed by atoms with Gasteiger partial charge in [0.25, 0.3) is 5.91 Å². The minimum absolute atomic E-state index is 0.0638. The van der Waals surface area contributed by atoms with E-state index >= 15 is 0 Å². The molecule has 0 unspecified atom stereocenters. The van der Waals surface area contributed by atoms with Crippen LogP contribution in [0.3, 0.4) is 0 Å². The van der Waals surface area contributed by atoms with E-state index in [9.17, 15) is 23.1 Å². The van der Waals surface area contributed by atoms with Gasteiger partial charge in [-0.3, -0.25) is 9.59 Å². The number of carboxylic acids is 1. The van der Waals surface area contributed by atoms with Crippen LogP contribution in [0.5, 0.6) is 0 Å². The highest BCUT2D eigenvalue weighted by atomic mass is 32.2. The first kappa shape index (κ1) is 31.0. The number of benzene rings is 3. The van der Waals surface area contributed by atoms with E-state index in [4.69, 9.17) is 0 Å². The third kappa shape index (κ3) is 6.56. The molecular formula is C32H38N6O5S. The van der Waals surface area contributed by atoms with Crippen molar-refractivity contribution in [3.8, 4) is 0 Å². The summed E-state index contributed by atoms with van der Waals surface area (Å²) in [4.78, 5) is 35.9. The molecule has 11 nitrogen and oxygen atoms in total. The van der Waals surface area contributed by atoms with Gasteiger partial charge in [-0.2, -0.15) is 4.72 Å². The number of piperidine rings is 1. The molecule has 1 aliphatic rings. The second-order valence-electron chi connectivity index (χ2n) is 12.1. The molecule has 44 heavy (non-hydrogen) atoms. The van der Waals surface area contributed by atoms with Crippen LogP contribution in [0.25, 0.3) is 11.0 Å². The molecule has 1 atom stereocenters. The molecule has 1 saturated heterocycles. The van der Waals surface area contributed by atoms with Gasteiger partial charge in [-0.05, 0) is 66.8 Å². The number of aliphatic carboxylic acids is 1. The minimum Gasteiger partial charge on any atom is -0.480 e. The first-order valence-corrected chi connectivity index (χ1v) is 16.0. The second-order valence-corrected chi connectivity index (χ2v) is 13.8. The standard InChI is InChI=1S/C32H38N6O5S/c1-31(2,3)32(29(40)41,37-44(42,43)25-9-5-4-6-10-25)21-33-28(39)22-13-15-24(16-14-22)38-19-17-23(18-20-38)34-30-35-26-11-7-8-12-27(26)36-30/h4-16,23,37H,17-21H2,1-3H3,(H,33,39)(H,40,41)(H2,34,35,36)/t32-/m0/s1. The number of para-hydroxylation sites is 2. The summed E-state index contributed by atoms with van der Waals surface area (Å²) in [5.41, 5.74) is 0.138. The number of carbonyl (C=O) groups is 2. The van der Waals surface area contributed by atoms with Gasteiger partial charge in [0.05, 0.1) is 15.9 Å². The van der Waals surface area contributed by atoms with Crippen LogP contribution in [-0.2, 0) is 14.8 Å². The van der Waals surface area contributed by atoms with E-state index in [1.807, 2.05) is 36.4 Å². The fraction of sp³-hybridized carbons (Fsp3) is 0.344. The van der Waals surface area contributed by atoms with Gasteiger partial charge in [0.1, 0.15) is 0 Å². The van der Waals surface area contributed by atoms with Crippen LogP contribution >= 0.6 is 0 Å². The SMILES string of the molecule is CC(C)(C)[C@@](CNC(=O)c1ccc(N2CCC(Nc3nc4ccccc4[nH]3)CC2)cc1)(NS(=O)(=O)c1ccccc1)C(=O)O. The Kier molecular flexibility index (Phi) is 8.66. The number of amides is 1. The zero-order valence-electron chi connectivity index (χ0n) is 25.0. The summed E-state index contributed by atoms with van der Waals surface area (Å²) < 4.78 is 28.7. The first-order valence-electron chi connectivity index (χ1n) is 14.5. The molecule has 232 valence electrons. The van der Waals surface area contributed by atoms with E-state index < -0.39 is 39.4 Å². The quantitative estimate of drug-likeness (QED) is 0.177. The molecule has 5 N–H and O–H groups in total. The number of carbonyl (C=O) groups excluding carboxylic acids is 1. The fourth-order valence-corrected chi connectivity index (χ4v) is 6.98. The molecule has 1 fully saturated rings. The average molecular weight is 619 g/mol. The highest BCUT2D eigenvalue weighted by Gasteiger charge is 2.52. The second kappa shape index (κ2) is 12.3. The Morgan fingerprint density at radius 3 is 2.20 bits per heavy atom. The van der Waals surface area contributed by atoms with Crippen LogP contribution in [0, 0.1) is 5.41 Å². The molecule has 0 bridgehead atoms. The number of hydrogen-bond acceptors (Lipinski definition) is 7. The minimum atomic E-state index is -4.20. The van der Waals surface area contributed by atoms with Gasteiger partial charge in [0.2, 0.25) is 16.0 Å². The lowest BCUT2D eigenvalue weighted by molar-refractivity contribution is -0.148. The Balaban J connectivity index is 1.20. The van der Waals surface area contributed by atoms with Crippen molar-refractivity contribution in [3.63, 3.8) is 0 Å². The summed E-state index contributed by atoms with van der Waals surface area (Å²) in [6.07, 6.45) is 1.84. The summed E-state index contributed by atoms with van der Waals surface area (Å²) in [5.74, 6) is -1.12. The molecule has 0 aliphatic carbocycles. The van der Waals surface area contributed by atoms with Crippen molar-refractivity contribution in [2.45, 2.75) is 50.1 Å². The first-order chi connectivity index (χ1) is 20.9. The van der Waals surface area contributed by atoms with E-state index in [0.717, 1.165) is 48.6 Å². The van der Waals surface area contributed by atoms with E-state index in [1.165, 1.54) is 12.1 Å². The normalized spacial score (nSPS) is 15.9. The molecule has 12 heteroatoms. The topological polar surface area (TPSA) is 157 Å². The zero-order valence-corrected chi connectivity index (χ0v) is 25.8. The van der Waals surface area contributed by atoms with Gasteiger partial charge < -0.3 is 25.6 Å². The molecule has 0 radical (unpaired) electrons. The third-order valence-electron chi connectivity index (χ3n) is 8.24. The summed E-state index contributed by atoms with van der Waals surface area (Å²) >= 11 is 0. The Labute approximate surface area is 257 Å². The maximum absolute atomic E-state index is 13.1. The highest BCUT2D eigenvalue weighted by molar-refractivity contribution is 7.89. The molecule has 1 amide bonds. The summed E-state index contributed by atoms with van der Waals surface area (Å²) in [6, 6.07) is 22.9. The predicted octanol–water partition coefficient (Wildman–Crippen LogP) is 4.22. The smallest absolute Gasteiger partial charge is 0.327 e. The molecule has 0 spiro atoms. The largest absolute Gasteiger partial charge is 0.480 e. The maximum Gasteiger partial charge on any atom is 0.327 e. The lowest BCUT2D eigenvalue weighted by Gasteiger charge is -2.41.